The zero-order valence-electron chi connectivity index (χ0n) is 15.9. The third-order valence-corrected chi connectivity index (χ3v) is 3.94. The Hall–Kier alpha value is -3.35. The number of carbonyl (C=O) groups is 3. The third kappa shape index (κ3) is 7.11. The number of ether oxygens (including phenoxy) is 2. The summed E-state index contributed by atoms with van der Waals surface area (Å²) in [5.74, 6) is -0.653. The summed E-state index contributed by atoms with van der Waals surface area (Å²) in [5.41, 5.74) is 1.74. The predicted molar refractivity (Wildman–Crippen MR) is 104 cm³/mol. The van der Waals surface area contributed by atoms with Crippen LogP contribution in [0.5, 0.6) is 5.75 Å². The Balaban J connectivity index is 1.68. The number of carbonyl (C=O) groups excluding carboxylic acids is 3. The maximum absolute atomic E-state index is 12.1. The lowest BCUT2D eigenvalue weighted by Crippen LogP contribution is -2.38. The fourth-order valence-corrected chi connectivity index (χ4v) is 2.38. The molecule has 0 spiro atoms. The summed E-state index contributed by atoms with van der Waals surface area (Å²) in [5, 5.41) is 5.18. The molecule has 0 aliphatic carbocycles. The van der Waals surface area contributed by atoms with Crippen LogP contribution in [0.4, 0.5) is 0 Å². The van der Waals surface area contributed by atoms with Gasteiger partial charge < -0.3 is 20.1 Å². The number of methoxy groups -OCH3 is 1. The van der Waals surface area contributed by atoms with Crippen LogP contribution in [0, 0.1) is 0 Å². The van der Waals surface area contributed by atoms with Crippen molar-refractivity contribution in [3.63, 3.8) is 0 Å². The van der Waals surface area contributed by atoms with Crippen molar-refractivity contribution in [2.45, 2.75) is 26.0 Å². The van der Waals surface area contributed by atoms with Gasteiger partial charge in [-0.2, -0.15) is 0 Å². The molecule has 0 radical (unpaired) electrons. The number of rotatable bonds is 9. The maximum Gasteiger partial charge on any atom is 0.326 e. The molecule has 0 fully saturated rings. The second-order valence-corrected chi connectivity index (χ2v) is 6.14. The number of benzene rings is 2. The van der Waals surface area contributed by atoms with Crippen molar-refractivity contribution < 1.29 is 23.9 Å². The summed E-state index contributed by atoms with van der Waals surface area (Å²) in [6, 6.07) is 16.4. The van der Waals surface area contributed by atoms with E-state index in [0.717, 1.165) is 16.9 Å². The van der Waals surface area contributed by atoms with Crippen LogP contribution in [0.3, 0.4) is 0 Å². The van der Waals surface area contributed by atoms with Gasteiger partial charge in [0.2, 0.25) is 5.91 Å². The molecule has 28 heavy (non-hydrogen) atoms. The number of esters is 1. The first-order chi connectivity index (χ1) is 13.5. The predicted octanol–water partition coefficient (Wildman–Crippen LogP) is 1.60. The highest BCUT2D eigenvalue weighted by atomic mass is 16.5. The molecule has 0 saturated carbocycles. The zero-order chi connectivity index (χ0) is 20.4. The van der Waals surface area contributed by atoms with Crippen LogP contribution in [-0.4, -0.2) is 37.5 Å². The molecule has 1 atom stereocenters. The van der Waals surface area contributed by atoms with Gasteiger partial charge in [-0.3, -0.25) is 14.4 Å². The van der Waals surface area contributed by atoms with Gasteiger partial charge in [-0.05, 0) is 30.2 Å². The van der Waals surface area contributed by atoms with E-state index in [4.69, 9.17) is 9.47 Å². The van der Waals surface area contributed by atoms with Crippen LogP contribution >= 0.6 is 0 Å². The molecule has 2 aromatic rings. The van der Waals surface area contributed by atoms with Crippen molar-refractivity contribution in [1.29, 1.82) is 0 Å². The summed E-state index contributed by atoms with van der Waals surface area (Å²) in [4.78, 5) is 35.7. The summed E-state index contributed by atoms with van der Waals surface area (Å²) < 4.78 is 10.1. The molecule has 0 bridgehead atoms. The molecule has 148 valence electrons. The number of amides is 2. The molecule has 0 aliphatic heterocycles. The maximum atomic E-state index is 12.1. The van der Waals surface area contributed by atoms with Gasteiger partial charge in [0, 0.05) is 6.54 Å². The molecule has 2 rings (SSSR count). The Bertz CT molecular complexity index is 790. The van der Waals surface area contributed by atoms with Crippen molar-refractivity contribution in [3.8, 4) is 5.75 Å². The van der Waals surface area contributed by atoms with E-state index >= 15 is 0 Å². The number of hydrogen-bond acceptors (Lipinski definition) is 5. The van der Waals surface area contributed by atoms with Gasteiger partial charge >= 0.3 is 5.97 Å². The Morgan fingerprint density at radius 1 is 0.929 bits per heavy atom. The highest BCUT2D eigenvalue weighted by Crippen LogP contribution is 2.11. The quantitative estimate of drug-likeness (QED) is 0.641. The fourth-order valence-electron chi connectivity index (χ4n) is 2.38. The van der Waals surface area contributed by atoms with Gasteiger partial charge in [-0.25, -0.2) is 0 Å². The van der Waals surface area contributed by atoms with Crippen LogP contribution in [0.1, 0.15) is 18.1 Å². The van der Waals surface area contributed by atoms with E-state index in [9.17, 15) is 14.4 Å². The monoisotopic (exact) mass is 384 g/mol. The van der Waals surface area contributed by atoms with E-state index in [1.54, 1.807) is 19.2 Å². The van der Waals surface area contributed by atoms with Crippen LogP contribution in [0.2, 0.25) is 0 Å². The fraction of sp³-hybridized carbons (Fsp3) is 0.286. The highest BCUT2D eigenvalue weighted by Gasteiger charge is 2.18. The van der Waals surface area contributed by atoms with E-state index < -0.39 is 18.0 Å². The van der Waals surface area contributed by atoms with Gasteiger partial charge in [0.1, 0.15) is 12.3 Å². The molecule has 0 heterocycles. The lowest BCUT2D eigenvalue weighted by molar-refractivity contribution is -0.154. The van der Waals surface area contributed by atoms with Crippen LogP contribution in [0.15, 0.2) is 54.6 Å². The Morgan fingerprint density at radius 3 is 2.25 bits per heavy atom. The summed E-state index contributed by atoms with van der Waals surface area (Å²) in [7, 11) is 1.58. The van der Waals surface area contributed by atoms with Crippen LogP contribution in [-0.2, 0) is 32.1 Å². The second-order valence-electron chi connectivity index (χ2n) is 6.14. The average Bonchev–Trinajstić information content (AvgIpc) is 2.71. The summed E-state index contributed by atoms with van der Waals surface area (Å²) in [6.45, 7) is 1.49. The molecule has 2 aromatic carbocycles. The molecule has 2 N–H and O–H groups in total. The second kappa shape index (κ2) is 10.7. The Labute approximate surface area is 164 Å². The largest absolute Gasteiger partial charge is 0.497 e. The third-order valence-electron chi connectivity index (χ3n) is 3.94. The van der Waals surface area contributed by atoms with Crippen molar-refractivity contribution in [1.82, 2.24) is 10.6 Å². The minimum absolute atomic E-state index is 0.173. The van der Waals surface area contributed by atoms with E-state index in [1.807, 2.05) is 42.5 Å². The topological polar surface area (TPSA) is 93.7 Å². The number of nitrogens with one attached hydrogen (secondary N) is 2. The molecule has 7 nitrogen and oxygen atoms in total. The van der Waals surface area contributed by atoms with Gasteiger partial charge in [0.15, 0.2) is 6.10 Å². The molecule has 0 saturated heterocycles. The van der Waals surface area contributed by atoms with E-state index in [0.29, 0.717) is 6.54 Å². The van der Waals surface area contributed by atoms with Crippen molar-refractivity contribution in [3.05, 3.63) is 65.7 Å². The van der Waals surface area contributed by atoms with Gasteiger partial charge in [0.05, 0.1) is 13.5 Å². The van der Waals surface area contributed by atoms with Crippen molar-refractivity contribution in [2.24, 2.45) is 0 Å². The molecule has 0 unspecified atom stereocenters. The van der Waals surface area contributed by atoms with Gasteiger partial charge in [-0.15, -0.1) is 0 Å². The number of hydrogen-bond donors (Lipinski definition) is 2. The van der Waals surface area contributed by atoms with Gasteiger partial charge in [0.25, 0.3) is 5.91 Å². The minimum atomic E-state index is -0.961. The van der Waals surface area contributed by atoms with E-state index in [-0.39, 0.29) is 18.9 Å². The molecular weight excluding hydrogens is 360 g/mol. The van der Waals surface area contributed by atoms with Crippen molar-refractivity contribution in [2.75, 3.05) is 13.7 Å². The Morgan fingerprint density at radius 2 is 1.61 bits per heavy atom. The lowest BCUT2D eigenvalue weighted by Gasteiger charge is -2.14. The first-order valence-corrected chi connectivity index (χ1v) is 8.88. The van der Waals surface area contributed by atoms with Crippen LogP contribution in [0.25, 0.3) is 0 Å². The molecular formula is C21H24N2O5. The first kappa shape index (κ1) is 21.0. The average molecular weight is 384 g/mol. The lowest BCUT2D eigenvalue weighted by atomic mass is 10.1. The first-order valence-electron chi connectivity index (χ1n) is 8.88. The smallest absolute Gasteiger partial charge is 0.326 e. The van der Waals surface area contributed by atoms with E-state index in [1.165, 1.54) is 6.92 Å². The molecule has 0 aromatic heterocycles. The van der Waals surface area contributed by atoms with E-state index in [2.05, 4.69) is 10.6 Å². The Kier molecular flexibility index (Phi) is 8.02. The SMILES string of the molecule is COc1ccc(CNC(=O)[C@@H](C)OC(=O)CNC(=O)Cc2ccccc2)cc1. The van der Waals surface area contributed by atoms with Crippen molar-refractivity contribution >= 4 is 17.8 Å². The molecule has 7 heteroatoms. The molecule has 0 aliphatic rings. The van der Waals surface area contributed by atoms with Crippen LogP contribution < -0.4 is 15.4 Å². The summed E-state index contributed by atoms with van der Waals surface area (Å²) >= 11 is 0. The minimum Gasteiger partial charge on any atom is -0.497 e. The normalized spacial score (nSPS) is 11.2. The summed E-state index contributed by atoms with van der Waals surface area (Å²) in [6.07, 6.45) is -0.789. The highest BCUT2D eigenvalue weighted by molar-refractivity contribution is 5.86. The standard InChI is InChI=1S/C21H24N2O5/c1-15(21(26)23-13-17-8-10-18(27-2)11-9-17)28-20(25)14-22-19(24)12-16-6-4-3-5-7-16/h3-11,15H,12-14H2,1-2H3,(H,22,24)(H,23,26)/t15-/m1/s1. The zero-order valence-corrected chi connectivity index (χ0v) is 15.9. The molecule has 2 amide bonds. The van der Waals surface area contributed by atoms with Gasteiger partial charge in [-0.1, -0.05) is 42.5 Å².